The van der Waals surface area contributed by atoms with E-state index >= 15 is 0 Å². The van der Waals surface area contributed by atoms with E-state index < -0.39 is 5.82 Å². The smallest absolute Gasteiger partial charge is 0.322 e. The normalized spacial score (nSPS) is 14.8. The zero-order valence-corrected chi connectivity index (χ0v) is 22.5. The number of rotatable bonds is 9. The summed E-state index contributed by atoms with van der Waals surface area (Å²) in [5.41, 5.74) is 1.58. The first-order chi connectivity index (χ1) is 17.8. The van der Waals surface area contributed by atoms with Crippen molar-refractivity contribution in [2.24, 2.45) is 5.92 Å². The van der Waals surface area contributed by atoms with Crippen LogP contribution in [0.5, 0.6) is 5.75 Å². The Morgan fingerprint density at radius 2 is 2.03 bits per heavy atom. The van der Waals surface area contributed by atoms with Gasteiger partial charge in [-0.25, -0.2) is 9.18 Å². The molecule has 1 aliphatic rings. The van der Waals surface area contributed by atoms with Gasteiger partial charge < -0.3 is 19.9 Å². The minimum Gasteiger partial charge on any atom is -0.488 e. The Labute approximate surface area is 226 Å². The summed E-state index contributed by atoms with van der Waals surface area (Å²) in [6, 6.07) is 14.4. The SMILES string of the molecule is CC(C)CCN(CC(=O)N1CCc2sccc2C1COc1ccccc1F)C(=O)Nc1cccc(Cl)c1. The molecule has 0 saturated carbocycles. The Kier molecular flexibility index (Phi) is 9.05. The Morgan fingerprint density at radius 3 is 2.78 bits per heavy atom. The van der Waals surface area contributed by atoms with Crippen LogP contribution in [0.1, 0.15) is 36.8 Å². The van der Waals surface area contributed by atoms with Crippen molar-refractivity contribution in [1.29, 1.82) is 0 Å². The van der Waals surface area contributed by atoms with E-state index in [0.29, 0.717) is 29.7 Å². The standard InChI is InChI=1S/C28H31ClFN3O3S/c1-19(2)10-13-32(28(35)31-21-7-5-6-20(29)16-21)17-27(34)33-14-11-26-22(12-15-37-26)24(33)18-36-25-9-4-3-8-23(25)30/h3-9,12,15-16,19,24H,10-11,13-14,17-18H2,1-2H3,(H,31,35). The van der Waals surface area contributed by atoms with Crippen molar-refractivity contribution >= 4 is 40.6 Å². The largest absolute Gasteiger partial charge is 0.488 e. The second-order valence-corrected chi connectivity index (χ2v) is 10.9. The lowest BCUT2D eigenvalue weighted by Gasteiger charge is -2.37. The Bertz CT molecular complexity index is 1230. The van der Waals surface area contributed by atoms with E-state index in [1.54, 1.807) is 63.6 Å². The van der Waals surface area contributed by atoms with Crippen LogP contribution in [0.2, 0.25) is 5.02 Å². The maximum Gasteiger partial charge on any atom is 0.322 e. The Morgan fingerprint density at radius 1 is 1.22 bits per heavy atom. The number of carbonyl (C=O) groups excluding carboxylic acids is 2. The summed E-state index contributed by atoms with van der Waals surface area (Å²) in [5.74, 6) is -0.109. The number of carbonyl (C=O) groups is 2. The van der Waals surface area contributed by atoms with Crippen molar-refractivity contribution in [3.63, 3.8) is 0 Å². The van der Waals surface area contributed by atoms with Crippen LogP contribution in [0.4, 0.5) is 14.9 Å². The van der Waals surface area contributed by atoms with Crippen LogP contribution in [0.15, 0.2) is 60.0 Å². The first-order valence-corrected chi connectivity index (χ1v) is 13.6. The highest BCUT2D eigenvalue weighted by Crippen LogP contribution is 2.34. The number of nitrogens with one attached hydrogen (secondary N) is 1. The van der Waals surface area contributed by atoms with Gasteiger partial charge in [-0.15, -0.1) is 11.3 Å². The molecule has 1 N–H and O–H groups in total. The molecule has 2 heterocycles. The number of para-hydroxylation sites is 1. The number of thiophene rings is 1. The number of anilines is 1. The van der Waals surface area contributed by atoms with E-state index in [1.807, 2.05) is 11.4 Å². The van der Waals surface area contributed by atoms with E-state index in [1.165, 1.54) is 10.9 Å². The van der Waals surface area contributed by atoms with Gasteiger partial charge in [0.15, 0.2) is 11.6 Å². The van der Waals surface area contributed by atoms with Crippen molar-refractivity contribution in [2.45, 2.75) is 32.7 Å². The summed E-state index contributed by atoms with van der Waals surface area (Å²) >= 11 is 7.72. The van der Waals surface area contributed by atoms with E-state index in [0.717, 1.165) is 18.4 Å². The van der Waals surface area contributed by atoms with E-state index in [9.17, 15) is 14.0 Å². The second-order valence-electron chi connectivity index (χ2n) is 9.44. The molecule has 4 rings (SSSR count). The Balaban J connectivity index is 1.50. The molecule has 6 nitrogen and oxygen atoms in total. The predicted molar refractivity (Wildman–Crippen MR) is 146 cm³/mol. The maximum atomic E-state index is 14.2. The second kappa shape index (κ2) is 12.4. The van der Waals surface area contributed by atoms with Gasteiger partial charge in [0, 0.05) is 28.7 Å². The first kappa shape index (κ1) is 26.9. The molecule has 0 saturated heterocycles. The molecular formula is C28H31ClFN3O3S. The molecule has 0 spiro atoms. The highest BCUT2D eigenvalue weighted by atomic mass is 35.5. The number of halogens is 2. The molecule has 9 heteroatoms. The summed E-state index contributed by atoms with van der Waals surface area (Å²) < 4.78 is 20.0. The average Bonchev–Trinajstić information content (AvgIpc) is 3.35. The molecule has 0 fully saturated rings. The zero-order chi connectivity index (χ0) is 26.4. The van der Waals surface area contributed by atoms with Crippen LogP contribution in [-0.4, -0.2) is 48.0 Å². The van der Waals surface area contributed by atoms with E-state index in [-0.39, 0.29) is 36.9 Å². The van der Waals surface area contributed by atoms with Crippen molar-refractivity contribution < 1.29 is 18.7 Å². The molecule has 3 aromatic rings. The van der Waals surface area contributed by atoms with Crippen LogP contribution < -0.4 is 10.1 Å². The number of hydrogen-bond acceptors (Lipinski definition) is 4. The topological polar surface area (TPSA) is 61.9 Å². The number of benzene rings is 2. The van der Waals surface area contributed by atoms with Gasteiger partial charge in [-0.2, -0.15) is 0 Å². The fraction of sp³-hybridized carbons (Fsp3) is 0.357. The molecule has 1 unspecified atom stereocenters. The highest BCUT2D eigenvalue weighted by molar-refractivity contribution is 7.10. The van der Waals surface area contributed by atoms with Crippen molar-refractivity contribution in [2.75, 3.05) is 31.6 Å². The van der Waals surface area contributed by atoms with Gasteiger partial charge in [-0.1, -0.05) is 43.6 Å². The fourth-order valence-electron chi connectivity index (χ4n) is 4.29. The number of urea groups is 1. The lowest BCUT2D eigenvalue weighted by molar-refractivity contribution is -0.135. The van der Waals surface area contributed by atoms with Gasteiger partial charge in [-0.3, -0.25) is 4.79 Å². The average molecular weight is 544 g/mol. The molecule has 2 aromatic carbocycles. The molecule has 0 aliphatic carbocycles. The number of amides is 3. The van der Waals surface area contributed by atoms with Gasteiger partial charge >= 0.3 is 6.03 Å². The number of fused-ring (bicyclic) bond motifs is 1. The summed E-state index contributed by atoms with van der Waals surface area (Å²) in [7, 11) is 0. The van der Waals surface area contributed by atoms with Crippen LogP contribution >= 0.6 is 22.9 Å². The van der Waals surface area contributed by atoms with Gasteiger partial charge in [0.25, 0.3) is 0 Å². The quantitative estimate of drug-likeness (QED) is 0.329. The van der Waals surface area contributed by atoms with Gasteiger partial charge in [-0.05, 0) is 66.1 Å². The van der Waals surface area contributed by atoms with Gasteiger partial charge in [0.1, 0.15) is 13.2 Å². The summed E-state index contributed by atoms with van der Waals surface area (Å²) in [6.07, 6.45) is 1.49. The van der Waals surface area contributed by atoms with Crippen LogP contribution in [0, 0.1) is 11.7 Å². The molecular weight excluding hydrogens is 513 g/mol. The summed E-state index contributed by atoms with van der Waals surface area (Å²) in [6.45, 7) is 5.14. The monoisotopic (exact) mass is 543 g/mol. The fourth-order valence-corrected chi connectivity index (χ4v) is 5.41. The zero-order valence-electron chi connectivity index (χ0n) is 21.0. The van der Waals surface area contributed by atoms with Crippen molar-refractivity contribution in [1.82, 2.24) is 9.80 Å². The molecule has 0 radical (unpaired) electrons. The summed E-state index contributed by atoms with van der Waals surface area (Å²) in [5, 5.41) is 5.37. The van der Waals surface area contributed by atoms with Crippen LogP contribution in [0.25, 0.3) is 0 Å². The summed E-state index contributed by atoms with van der Waals surface area (Å²) in [4.78, 5) is 31.3. The van der Waals surface area contributed by atoms with Gasteiger partial charge in [0.2, 0.25) is 5.91 Å². The molecule has 0 bridgehead atoms. The number of nitrogens with zero attached hydrogens (tertiary/aromatic N) is 2. The third-order valence-corrected chi connectivity index (χ3v) is 7.55. The molecule has 37 heavy (non-hydrogen) atoms. The molecule has 3 amide bonds. The van der Waals surface area contributed by atoms with Gasteiger partial charge in [0.05, 0.1) is 6.04 Å². The molecule has 1 aliphatic heterocycles. The van der Waals surface area contributed by atoms with E-state index in [4.69, 9.17) is 16.3 Å². The highest BCUT2D eigenvalue weighted by Gasteiger charge is 2.33. The van der Waals surface area contributed by atoms with E-state index in [2.05, 4.69) is 19.2 Å². The van der Waals surface area contributed by atoms with Crippen LogP contribution in [0.3, 0.4) is 0 Å². The maximum absolute atomic E-state index is 14.2. The number of ether oxygens (including phenoxy) is 1. The minimum absolute atomic E-state index is 0.0746. The minimum atomic E-state index is -0.445. The third kappa shape index (κ3) is 7.02. The van der Waals surface area contributed by atoms with Crippen LogP contribution in [-0.2, 0) is 11.2 Å². The Hall–Kier alpha value is -3.10. The lowest BCUT2D eigenvalue weighted by atomic mass is 10.0. The molecule has 196 valence electrons. The first-order valence-electron chi connectivity index (χ1n) is 12.4. The molecule has 1 aromatic heterocycles. The predicted octanol–water partition coefficient (Wildman–Crippen LogP) is 6.63. The number of hydrogen-bond donors (Lipinski definition) is 1. The lowest BCUT2D eigenvalue weighted by Crippen LogP contribution is -2.49. The van der Waals surface area contributed by atoms with Crippen molar-refractivity contribution in [3.05, 3.63) is 81.3 Å². The third-order valence-electron chi connectivity index (χ3n) is 6.31. The molecule has 1 atom stereocenters. The van der Waals surface area contributed by atoms with Crippen molar-refractivity contribution in [3.8, 4) is 5.75 Å².